The second-order valence-electron chi connectivity index (χ2n) is 3.77. The number of halogens is 3. The molecule has 0 radical (unpaired) electrons. The molecule has 0 spiro atoms. The van der Waals surface area contributed by atoms with Gasteiger partial charge in [-0.3, -0.25) is 0 Å². The first-order valence-corrected chi connectivity index (χ1v) is 5.25. The smallest absolute Gasteiger partial charge is 0.416 e. The number of methoxy groups -OCH3 is 1. The molecule has 0 aliphatic rings. The van der Waals surface area contributed by atoms with Crippen molar-refractivity contribution in [3.63, 3.8) is 0 Å². The molecule has 0 saturated carbocycles. The van der Waals surface area contributed by atoms with Gasteiger partial charge in [-0.1, -0.05) is 12.1 Å². The molecule has 0 aliphatic heterocycles. The van der Waals surface area contributed by atoms with Crippen LogP contribution in [0.5, 0.6) is 0 Å². The second-order valence-corrected chi connectivity index (χ2v) is 3.77. The van der Waals surface area contributed by atoms with Gasteiger partial charge in [-0.15, -0.1) is 0 Å². The number of carbonyl (C=O) groups excluding carboxylic acids is 1. The van der Waals surface area contributed by atoms with Crippen LogP contribution in [0.25, 0.3) is 11.1 Å². The maximum atomic E-state index is 12.4. The van der Waals surface area contributed by atoms with Gasteiger partial charge in [-0.25, -0.2) is 4.79 Å². The quantitative estimate of drug-likeness (QED) is 0.780. The van der Waals surface area contributed by atoms with Crippen LogP contribution in [0.4, 0.5) is 13.2 Å². The Bertz CT molecular complexity index is 582. The van der Waals surface area contributed by atoms with Crippen LogP contribution in [0.3, 0.4) is 0 Å². The lowest BCUT2D eigenvalue weighted by Crippen LogP contribution is -2.04. The van der Waals surface area contributed by atoms with E-state index in [9.17, 15) is 18.0 Å². The van der Waals surface area contributed by atoms with Gasteiger partial charge in [0.25, 0.3) is 0 Å². The van der Waals surface area contributed by atoms with Gasteiger partial charge >= 0.3 is 12.1 Å². The fourth-order valence-electron chi connectivity index (χ4n) is 1.63. The fraction of sp³-hybridized carbons (Fsp3) is 0.154. The van der Waals surface area contributed by atoms with Gasteiger partial charge in [0, 0.05) is 5.56 Å². The van der Waals surface area contributed by atoms with Crippen molar-refractivity contribution in [3.05, 3.63) is 47.9 Å². The summed E-state index contributed by atoms with van der Waals surface area (Å²) in [6, 6.07) is 4.45. The predicted octanol–water partition coefficient (Wildman–Crippen LogP) is 3.75. The number of rotatable bonds is 2. The summed E-state index contributed by atoms with van der Waals surface area (Å²) >= 11 is 0. The highest BCUT2D eigenvalue weighted by molar-refractivity contribution is 5.96. The average molecular weight is 270 g/mol. The van der Waals surface area contributed by atoms with Gasteiger partial charge in [-0.2, -0.15) is 13.2 Å². The predicted molar refractivity (Wildman–Crippen MR) is 60.5 cm³/mol. The summed E-state index contributed by atoms with van der Waals surface area (Å²) in [5.74, 6) is -0.608. The molecule has 6 heteroatoms. The summed E-state index contributed by atoms with van der Waals surface area (Å²) in [7, 11) is 1.21. The maximum Gasteiger partial charge on any atom is 0.416 e. The number of benzene rings is 1. The summed E-state index contributed by atoms with van der Waals surface area (Å²) in [4.78, 5) is 11.4. The van der Waals surface area contributed by atoms with E-state index in [4.69, 9.17) is 4.42 Å². The number of esters is 1. The van der Waals surface area contributed by atoms with Gasteiger partial charge in [0.15, 0.2) is 0 Å². The highest BCUT2D eigenvalue weighted by Gasteiger charge is 2.30. The first-order valence-electron chi connectivity index (χ1n) is 5.25. The minimum Gasteiger partial charge on any atom is -0.471 e. The lowest BCUT2D eigenvalue weighted by molar-refractivity contribution is -0.137. The zero-order valence-corrected chi connectivity index (χ0v) is 9.82. The van der Waals surface area contributed by atoms with Crippen molar-refractivity contribution in [1.82, 2.24) is 0 Å². The Morgan fingerprint density at radius 2 is 1.79 bits per heavy atom. The van der Waals surface area contributed by atoms with E-state index in [1.807, 2.05) is 0 Å². The molecule has 1 aromatic heterocycles. The first kappa shape index (κ1) is 13.2. The molecule has 0 amide bonds. The highest BCUT2D eigenvalue weighted by atomic mass is 19.4. The fourth-order valence-corrected chi connectivity index (χ4v) is 1.63. The zero-order chi connectivity index (χ0) is 14.0. The maximum absolute atomic E-state index is 12.4. The van der Waals surface area contributed by atoms with Crippen molar-refractivity contribution < 1.29 is 27.1 Å². The standard InChI is InChI=1S/C13H9F3O3/c1-18-12(17)11-7-19-6-10(11)8-2-4-9(5-3-8)13(14,15)16/h2-7H,1H3. The van der Waals surface area contributed by atoms with Crippen molar-refractivity contribution in [1.29, 1.82) is 0 Å². The summed E-state index contributed by atoms with van der Waals surface area (Å²) in [5.41, 5.74) is 0.254. The molecule has 0 fully saturated rings. The molecular weight excluding hydrogens is 261 g/mol. The van der Waals surface area contributed by atoms with E-state index in [-0.39, 0.29) is 5.56 Å². The molecule has 1 aromatic carbocycles. The van der Waals surface area contributed by atoms with Crippen molar-refractivity contribution in [2.45, 2.75) is 6.18 Å². The molecule has 0 aliphatic carbocycles. The van der Waals surface area contributed by atoms with Gasteiger partial charge < -0.3 is 9.15 Å². The van der Waals surface area contributed by atoms with E-state index in [0.717, 1.165) is 12.1 Å². The molecule has 3 nitrogen and oxygen atoms in total. The van der Waals surface area contributed by atoms with E-state index in [1.54, 1.807) is 0 Å². The Morgan fingerprint density at radius 1 is 1.16 bits per heavy atom. The number of alkyl halides is 3. The van der Waals surface area contributed by atoms with Crippen LogP contribution < -0.4 is 0 Å². The molecule has 1 heterocycles. The molecule has 0 atom stereocenters. The summed E-state index contributed by atoms with van der Waals surface area (Å²) in [6.07, 6.45) is -1.91. The molecule has 2 aromatic rings. The van der Waals surface area contributed by atoms with Gasteiger partial charge in [0.2, 0.25) is 0 Å². The first-order chi connectivity index (χ1) is 8.93. The third-order valence-electron chi connectivity index (χ3n) is 2.59. The van der Waals surface area contributed by atoms with Gasteiger partial charge in [-0.05, 0) is 17.7 Å². The van der Waals surface area contributed by atoms with Gasteiger partial charge in [0.05, 0.1) is 18.9 Å². The molecule has 19 heavy (non-hydrogen) atoms. The van der Waals surface area contributed by atoms with Crippen molar-refractivity contribution in [2.24, 2.45) is 0 Å². The van der Waals surface area contributed by atoms with Crippen LogP contribution in [-0.2, 0) is 10.9 Å². The van der Waals surface area contributed by atoms with E-state index >= 15 is 0 Å². The third-order valence-corrected chi connectivity index (χ3v) is 2.59. The average Bonchev–Trinajstić information content (AvgIpc) is 2.86. The van der Waals surface area contributed by atoms with Crippen molar-refractivity contribution >= 4 is 5.97 Å². The minimum absolute atomic E-state index is 0.169. The molecule has 0 bridgehead atoms. The monoisotopic (exact) mass is 270 g/mol. The van der Waals surface area contributed by atoms with Crippen LogP contribution in [-0.4, -0.2) is 13.1 Å². The molecular formula is C13H9F3O3. The Balaban J connectivity index is 2.38. The SMILES string of the molecule is COC(=O)c1cocc1-c1ccc(C(F)(F)F)cc1. The van der Waals surface area contributed by atoms with Crippen LogP contribution in [0.2, 0.25) is 0 Å². The lowest BCUT2D eigenvalue weighted by atomic mass is 10.0. The third kappa shape index (κ3) is 2.62. The summed E-state index contributed by atoms with van der Waals surface area (Å²) in [5, 5.41) is 0. The van der Waals surface area contributed by atoms with E-state index in [1.165, 1.54) is 31.8 Å². The van der Waals surface area contributed by atoms with Crippen LogP contribution in [0.1, 0.15) is 15.9 Å². The highest BCUT2D eigenvalue weighted by Crippen LogP contribution is 2.32. The number of furan rings is 1. The van der Waals surface area contributed by atoms with Crippen molar-refractivity contribution in [3.8, 4) is 11.1 Å². The van der Waals surface area contributed by atoms with Crippen molar-refractivity contribution in [2.75, 3.05) is 7.11 Å². The number of carbonyl (C=O) groups is 1. The van der Waals surface area contributed by atoms with Crippen LogP contribution in [0, 0.1) is 0 Å². The Hall–Kier alpha value is -2.24. The zero-order valence-electron chi connectivity index (χ0n) is 9.82. The molecule has 0 unspecified atom stereocenters. The minimum atomic E-state index is -4.39. The van der Waals surface area contributed by atoms with E-state index < -0.39 is 17.7 Å². The normalized spacial score (nSPS) is 11.4. The molecule has 100 valence electrons. The molecule has 2 rings (SSSR count). The van der Waals surface area contributed by atoms with Crippen LogP contribution >= 0.6 is 0 Å². The molecule has 0 N–H and O–H groups in total. The lowest BCUT2D eigenvalue weighted by Gasteiger charge is -2.07. The largest absolute Gasteiger partial charge is 0.471 e. The number of hydrogen-bond donors (Lipinski definition) is 0. The topological polar surface area (TPSA) is 39.4 Å². The number of ether oxygens (including phenoxy) is 1. The van der Waals surface area contributed by atoms with E-state index in [0.29, 0.717) is 11.1 Å². The number of hydrogen-bond acceptors (Lipinski definition) is 3. The van der Waals surface area contributed by atoms with Gasteiger partial charge in [0.1, 0.15) is 11.8 Å². The Kier molecular flexibility index (Phi) is 3.33. The van der Waals surface area contributed by atoms with E-state index in [2.05, 4.69) is 4.74 Å². The Labute approximate surface area is 106 Å². The van der Waals surface area contributed by atoms with Crippen LogP contribution in [0.15, 0.2) is 41.2 Å². The molecule has 0 saturated heterocycles. The Morgan fingerprint density at radius 3 is 2.32 bits per heavy atom. The summed E-state index contributed by atoms with van der Waals surface area (Å²) < 4.78 is 46.7. The second kappa shape index (κ2) is 4.79. The summed E-state index contributed by atoms with van der Waals surface area (Å²) in [6.45, 7) is 0.